The van der Waals surface area contributed by atoms with E-state index in [0.29, 0.717) is 54.2 Å². The smallest absolute Gasteiger partial charge is 0.399 e. The number of anilines is 2. The number of nitrogens with zero attached hydrogens (tertiary/aromatic N) is 2. The Balaban J connectivity index is 1.39. The maximum absolute atomic E-state index is 12.6. The molecular weight excluding hydrogens is 720 g/mol. The monoisotopic (exact) mass is 738 g/mol. The summed E-state index contributed by atoms with van der Waals surface area (Å²) in [6.07, 6.45) is 0.923. The summed E-state index contributed by atoms with van der Waals surface area (Å²) in [4.78, 5) is 17.3. The Bertz CT molecular complexity index is 1870. The Hall–Kier alpha value is -3.77. The van der Waals surface area contributed by atoms with Gasteiger partial charge in [-0.3, -0.25) is 9.46 Å². The maximum Gasteiger partial charge on any atom is 0.399 e. The number of benzene rings is 4. The van der Waals surface area contributed by atoms with Crippen LogP contribution in [0.2, 0.25) is 10.0 Å². The minimum Gasteiger partial charge on any atom is -0.478 e. The lowest BCUT2D eigenvalue weighted by Crippen LogP contribution is -2.17. The lowest BCUT2D eigenvalue weighted by atomic mass is 10.1. The van der Waals surface area contributed by atoms with Gasteiger partial charge in [0.2, 0.25) is 0 Å². The van der Waals surface area contributed by atoms with Gasteiger partial charge >= 0.3 is 19.6 Å². The van der Waals surface area contributed by atoms with Gasteiger partial charge in [0, 0.05) is 15.7 Å². The number of oxazole rings is 1. The van der Waals surface area contributed by atoms with E-state index in [2.05, 4.69) is 30.4 Å². The molecule has 0 saturated heterocycles. The van der Waals surface area contributed by atoms with Crippen LogP contribution >= 0.6 is 46.7 Å². The first-order valence-electron chi connectivity index (χ1n) is 12.8. The van der Waals surface area contributed by atoms with E-state index in [4.69, 9.17) is 37.5 Å². The quantitative estimate of drug-likeness (QED) is 0.125. The van der Waals surface area contributed by atoms with E-state index in [1.165, 1.54) is 18.2 Å². The lowest BCUT2D eigenvalue weighted by Gasteiger charge is -2.22. The number of aromatic carboxylic acids is 1. The molecule has 1 aromatic heterocycles. The number of aromatic nitrogens is 1. The average Bonchev–Trinajstić information content (AvgIpc) is 3.53. The van der Waals surface area contributed by atoms with Crippen LogP contribution in [-0.4, -0.2) is 16.1 Å². The van der Waals surface area contributed by atoms with Gasteiger partial charge in [0.25, 0.3) is 0 Å². The predicted octanol–water partition coefficient (Wildman–Crippen LogP) is 10.7. The van der Waals surface area contributed by atoms with Crippen molar-refractivity contribution in [2.45, 2.75) is 12.7 Å². The van der Waals surface area contributed by atoms with Crippen molar-refractivity contribution in [3.05, 3.63) is 122 Å². The second kappa shape index (κ2) is 14.1. The first-order valence-corrected chi connectivity index (χ1v) is 16.1. The Morgan fingerprint density at radius 1 is 0.933 bits per heavy atom. The highest BCUT2D eigenvalue weighted by Gasteiger charge is 2.29. The molecule has 45 heavy (non-hydrogen) atoms. The molecule has 0 aliphatic rings. The summed E-state index contributed by atoms with van der Waals surface area (Å²) >= 11 is 15.8. The molecule has 0 fully saturated rings. The summed E-state index contributed by atoms with van der Waals surface area (Å²) < 4.78 is 55.9. The second-order valence-corrected chi connectivity index (χ2v) is 13.0. The van der Waals surface area contributed by atoms with Gasteiger partial charge in [-0.1, -0.05) is 51.3 Å². The van der Waals surface area contributed by atoms with Gasteiger partial charge in [0.1, 0.15) is 11.5 Å². The molecule has 232 valence electrons. The molecule has 0 atom stereocenters. The van der Waals surface area contributed by atoms with Gasteiger partial charge in [0.15, 0.2) is 5.76 Å². The van der Waals surface area contributed by atoms with Crippen LogP contribution in [0.25, 0.3) is 11.3 Å². The lowest BCUT2D eigenvalue weighted by molar-refractivity contribution is -0.0881. The first-order chi connectivity index (χ1) is 21.6. The topological polar surface area (TPSA) is 111 Å². The SMILES string of the molecule is O=C(O)c1ccc(Oc2ccc(-c3cnc(N(Cc4ccc(CP(=O)(OF)OF)c(Br)c4)c4ccc(Cl)c(Cl)c4)o3)cc2)cc1. The van der Waals surface area contributed by atoms with Crippen LogP contribution in [-0.2, 0) is 26.7 Å². The van der Waals surface area contributed by atoms with Gasteiger partial charge < -0.3 is 14.3 Å². The maximum atomic E-state index is 12.6. The molecule has 5 rings (SSSR count). The van der Waals surface area contributed by atoms with Crippen LogP contribution in [0.1, 0.15) is 21.5 Å². The zero-order valence-corrected chi connectivity index (χ0v) is 26.7. The van der Waals surface area contributed by atoms with Gasteiger partial charge in [-0.05, 0) is 93.0 Å². The highest BCUT2D eigenvalue weighted by atomic mass is 79.9. The summed E-state index contributed by atoms with van der Waals surface area (Å²) in [5.74, 6) is 0.439. The molecule has 5 aromatic rings. The van der Waals surface area contributed by atoms with Crippen LogP contribution in [0.3, 0.4) is 0 Å². The van der Waals surface area contributed by atoms with Crippen LogP contribution < -0.4 is 9.64 Å². The number of hydrogen-bond donors (Lipinski definition) is 1. The van der Waals surface area contributed by atoms with E-state index < -0.39 is 19.7 Å². The van der Waals surface area contributed by atoms with Gasteiger partial charge in [0.05, 0.1) is 34.5 Å². The summed E-state index contributed by atoms with van der Waals surface area (Å²) in [7, 11) is -4.58. The van der Waals surface area contributed by atoms with Gasteiger partial charge in [-0.15, -0.1) is 9.46 Å². The number of carboxylic acid groups (broad SMARTS) is 1. The third-order valence-electron chi connectivity index (χ3n) is 6.45. The van der Waals surface area contributed by atoms with Crippen molar-refractivity contribution in [2.75, 3.05) is 4.90 Å². The molecule has 1 N–H and O–H groups in total. The van der Waals surface area contributed by atoms with E-state index in [-0.39, 0.29) is 18.1 Å². The fourth-order valence-corrected chi connectivity index (χ4v) is 6.09. The Labute approximate surface area is 273 Å². The van der Waals surface area contributed by atoms with Crippen molar-refractivity contribution >= 4 is 64.4 Å². The molecule has 4 aromatic carbocycles. The molecule has 0 saturated carbocycles. The van der Waals surface area contributed by atoms with E-state index >= 15 is 0 Å². The molecule has 0 amide bonds. The standard InChI is InChI=1S/C30H20BrCl2F2N2O7P/c31-25-13-18(1-2-21(25)17-45(40,43-34)44-35)16-37(22-7-12-26(32)27(33)14-22)30-36-15-28(42-30)19-3-8-23(9-4-19)41-24-10-5-20(6-11-24)29(38)39/h1-15H,16-17H2,(H,38,39). The van der Waals surface area contributed by atoms with Crippen molar-refractivity contribution in [2.24, 2.45) is 0 Å². The molecule has 0 spiro atoms. The van der Waals surface area contributed by atoms with Crippen molar-refractivity contribution in [1.82, 2.24) is 4.98 Å². The molecule has 0 aliphatic carbocycles. The summed E-state index contributed by atoms with van der Waals surface area (Å²) in [5, 5.41) is 9.73. The van der Waals surface area contributed by atoms with Gasteiger partial charge in [-0.2, -0.15) is 0 Å². The highest BCUT2D eigenvalue weighted by molar-refractivity contribution is 9.10. The average molecular weight is 740 g/mol. The zero-order chi connectivity index (χ0) is 32.1. The van der Waals surface area contributed by atoms with Crippen molar-refractivity contribution in [1.29, 1.82) is 0 Å². The minimum atomic E-state index is -4.58. The van der Waals surface area contributed by atoms with Crippen LogP contribution in [0.5, 0.6) is 11.5 Å². The minimum absolute atomic E-state index is 0.155. The predicted molar refractivity (Wildman–Crippen MR) is 168 cm³/mol. The molecule has 9 nitrogen and oxygen atoms in total. The number of rotatable bonds is 12. The van der Waals surface area contributed by atoms with E-state index in [1.54, 1.807) is 77.8 Å². The fraction of sp³-hybridized carbons (Fsp3) is 0.0667. The normalized spacial score (nSPS) is 11.4. The first kappa shape index (κ1) is 32.6. The van der Waals surface area contributed by atoms with Crippen molar-refractivity contribution in [3.8, 4) is 22.8 Å². The fourth-order valence-electron chi connectivity index (χ4n) is 4.20. The number of carbonyl (C=O) groups is 1. The summed E-state index contributed by atoms with van der Waals surface area (Å²) in [6.45, 7) is 0.209. The molecular formula is C30H20BrCl2F2N2O7P. The van der Waals surface area contributed by atoms with Gasteiger partial charge in [-0.25, -0.2) is 9.78 Å². The Morgan fingerprint density at radius 2 is 1.60 bits per heavy atom. The third-order valence-corrected chi connectivity index (χ3v) is 9.07. The summed E-state index contributed by atoms with van der Waals surface area (Å²) in [5.41, 5.74) is 2.48. The molecule has 0 aliphatic heterocycles. The highest BCUT2D eigenvalue weighted by Crippen LogP contribution is 2.53. The number of ether oxygens (including phenoxy) is 1. The van der Waals surface area contributed by atoms with E-state index in [1.807, 2.05) is 0 Å². The van der Waals surface area contributed by atoms with Crippen LogP contribution in [0.4, 0.5) is 20.8 Å². The third kappa shape index (κ3) is 7.91. The Morgan fingerprint density at radius 3 is 2.20 bits per heavy atom. The number of carboxylic acids is 1. The number of hydrogen-bond acceptors (Lipinski definition) is 8. The molecule has 0 unspecified atom stereocenters. The molecule has 0 bridgehead atoms. The number of halogens is 5. The van der Waals surface area contributed by atoms with Crippen LogP contribution in [0.15, 0.2) is 100 Å². The van der Waals surface area contributed by atoms with E-state index in [9.17, 15) is 18.4 Å². The van der Waals surface area contributed by atoms with Crippen molar-refractivity contribution in [3.63, 3.8) is 0 Å². The largest absolute Gasteiger partial charge is 0.478 e. The zero-order valence-electron chi connectivity index (χ0n) is 22.7. The second-order valence-electron chi connectivity index (χ2n) is 9.48. The van der Waals surface area contributed by atoms with Crippen LogP contribution in [0, 0.1) is 0 Å². The molecule has 15 heteroatoms. The molecule has 0 radical (unpaired) electrons. The van der Waals surface area contributed by atoms with E-state index in [0.717, 1.165) is 0 Å². The summed E-state index contributed by atoms with van der Waals surface area (Å²) in [6, 6.07) is 23.2. The van der Waals surface area contributed by atoms with Crippen molar-refractivity contribution < 1.29 is 42.1 Å². The Kier molecular flexibility index (Phi) is 10.2. The molecule has 1 heterocycles.